The molecule has 2 amide bonds. The van der Waals surface area contributed by atoms with Crippen molar-refractivity contribution in [3.63, 3.8) is 0 Å². The summed E-state index contributed by atoms with van der Waals surface area (Å²) in [6.07, 6.45) is 0.656. The van der Waals surface area contributed by atoms with Gasteiger partial charge in [-0.3, -0.25) is 9.59 Å². The number of carbonyl (C=O) groups is 2. The smallest absolute Gasteiger partial charge is 0.251 e. The van der Waals surface area contributed by atoms with Crippen molar-refractivity contribution in [2.75, 3.05) is 33.2 Å². The fraction of sp³-hybridized carbons (Fsp3) is 0.579. The molecule has 1 N–H and O–H groups in total. The van der Waals surface area contributed by atoms with Gasteiger partial charge in [-0.25, -0.2) is 0 Å². The number of amides is 2. The van der Waals surface area contributed by atoms with E-state index in [9.17, 15) is 9.59 Å². The molecule has 0 spiro atoms. The summed E-state index contributed by atoms with van der Waals surface area (Å²) in [7, 11) is 2.06. The largest absolute Gasteiger partial charge is 0.340 e. The van der Waals surface area contributed by atoms with Gasteiger partial charge in [0.25, 0.3) is 5.91 Å². The normalized spacial score (nSPS) is 17.0. The molecule has 1 aliphatic rings. The zero-order valence-electron chi connectivity index (χ0n) is 15.2. The molecule has 132 valence electrons. The van der Waals surface area contributed by atoms with Crippen LogP contribution in [0.5, 0.6) is 0 Å². The Bertz CT molecular complexity index is 560. The maximum atomic E-state index is 12.9. The van der Waals surface area contributed by atoms with Gasteiger partial charge in [-0.1, -0.05) is 31.5 Å². The molecule has 1 aromatic carbocycles. The Balaban J connectivity index is 2.05. The van der Waals surface area contributed by atoms with Crippen LogP contribution in [0.25, 0.3) is 0 Å². The Hall–Kier alpha value is -1.88. The number of benzene rings is 1. The summed E-state index contributed by atoms with van der Waals surface area (Å²) in [6, 6.07) is 6.97. The van der Waals surface area contributed by atoms with Crippen molar-refractivity contribution in [1.29, 1.82) is 0 Å². The fourth-order valence-electron chi connectivity index (χ4n) is 2.89. The summed E-state index contributed by atoms with van der Waals surface area (Å²) in [4.78, 5) is 29.4. The Kier molecular flexibility index (Phi) is 6.37. The van der Waals surface area contributed by atoms with Crippen LogP contribution in [0.15, 0.2) is 24.3 Å². The quantitative estimate of drug-likeness (QED) is 0.897. The summed E-state index contributed by atoms with van der Waals surface area (Å²) in [5.74, 6) is 0.199. The number of carbonyl (C=O) groups excluding carboxylic acids is 2. The van der Waals surface area contributed by atoms with Crippen molar-refractivity contribution in [1.82, 2.24) is 15.1 Å². The Morgan fingerprint density at radius 2 is 1.67 bits per heavy atom. The Labute approximate surface area is 145 Å². The first-order chi connectivity index (χ1) is 11.4. The van der Waals surface area contributed by atoms with Crippen LogP contribution >= 0.6 is 0 Å². The monoisotopic (exact) mass is 331 g/mol. The van der Waals surface area contributed by atoms with E-state index in [1.165, 1.54) is 0 Å². The molecule has 5 nitrogen and oxygen atoms in total. The fourth-order valence-corrected chi connectivity index (χ4v) is 2.89. The highest BCUT2D eigenvalue weighted by atomic mass is 16.2. The second kappa shape index (κ2) is 8.29. The van der Waals surface area contributed by atoms with Crippen LogP contribution in [0, 0.1) is 12.8 Å². The van der Waals surface area contributed by atoms with E-state index >= 15 is 0 Å². The predicted octanol–water partition coefficient (Wildman–Crippen LogP) is 1.91. The molecule has 0 aliphatic carbocycles. The maximum absolute atomic E-state index is 12.9. The molecule has 0 aromatic heterocycles. The van der Waals surface area contributed by atoms with Gasteiger partial charge in [-0.05, 0) is 38.4 Å². The molecule has 0 saturated carbocycles. The predicted molar refractivity (Wildman–Crippen MR) is 96.0 cm³/mol. The average Bonchev–Trinajstić information content (AvgIpc) is 2.54. The zero-order valence-corrected chi connectivity index (χ0v) is 15.2. The highest BCUT2D eigenvalue weighted by Gasteiger charge is 2.28. The van der Waals surface area contributed by atoms with Gasteiger partial charge < -0.3 is 15.1 Å². The van der Waals surface area contributed by atoms with Gasteiger partial charge >= 0.3 is 0 Å². The first-order valence-electron chi connectivity index (χ1n) is 8.71. The molecular formula is C19H29N3O2. The van der Waals surface area contributed by atoms with Crippen molar-refractivity contribution in [3.8, 4) is 0 Å². The lowest BCUT2D eigenvalue weighted by Crippen LogP contribution is -2.54. The number of hydrogen-bond donors (Lipinski definition) is 1. The lowest BCUT2D eigenvalue weighted by molar-refractivity contribution is -0.135. The SMILES string of the molecule is Cc1ccc(C(=O)N[C@H](CC(C)C)C(=O)N2CCN(C)CC2)cc1. The van der Waals surface area contributed by atoms with Gasteiger partial charge in [-0.2, -0.15) is 0 Å². The summed E-state index contributed by atoms with van der Waals surface area (Å²) < 4.78 is 0. The van der Waals surface area contributed by atoms with E-state index in [0.717, 1.165) is 31.7 Å². The van der Waals surface area contributed by atoms with Gasteiger partial charge in [0.15, 0.2) is 0 Å². The highest BCUT2D eigenvalue weighted by molar-refractivity contribution is 5.97. The maximum Gasteiger partial charge on any atom is 0.251 e. The molecule has 0 unspecified atom stereocenters. The summed E-state index contributed by atoms with van der Waals surface area (Å²) in [5.41, 5.74) is 1.71. The highest BCUT2D eigenvalue weighted by Crippen LogP contribution is 2.12. The van der Waals surface area contributed by atoms with Crippen LogP contribution in [0.3, 0.4) is 0 Å². The number of rotatable bonds is 5. The van der Waals surface area contributed by atoms with Gasteiger partial charge in [0, 0.05) is 31.7 Å². The van der Waals surface area contributed by atoms with Gasteiger partial charge in [-0.15, -0.1) is 0 Å². The van der Waals surface area contributed by atoms with E-state index in [2.05, 4.69) is 31.1 Å². The van der Waals surface area contributed by atoms with Gasteiger partial charge in [0.1, 0.15) is 6.04 Å². The minimum absolute atomic E-state index is 0.0391. The number of aryl methyl sites for hydroxylation is 1. The molecule has 1 aliphatic heterocycles. The molecule has 1 fully saturated rings. The molecular weight excluding hydrogens is 302 g/mol. The van der Waals surface area contributed by atoms with Crippen LogP contribution < -0.4 is 5.32 Å². The molecule has 1 heterocycles. The van der Waals surface area contributed by atoms with Gasteiger partial charge in [0.05, 0.1) is 0 Å². The molecule has 1 saturated heterocycles. The summed E-state index contributed by atoms with van der Waals surface area (Å²) in [6.45, 7) is 9.34. The molecule has 5 heteroatoms. The lowest BCUT2D eigenvalue weighted by atomic mass is 10.0. The standard InChI is InChI=1S/C19H29N3O2/c1-14(2)13-17(19(24)22-11-9-21(4)10-12-22)20-18(23)16-7-5-15(3)6-8-16/h5-8,14,17H,9-13H2,1-4H3,(H,20,23)/t17-/m1/s1. The zero-order chi connectivity index (χ0) is 17.7. The third kappa shape index (κ3) is 5.06. The number of likely N-dealkylation sites (N-methyl/N-ethyl adjacent to an activating group) is 1. The summed E-state index contributed by atoms with van der Waals surface area (Å²) >= 11 is 0. The first-order valence-corrected chi connectivity index (χ1v) is 8.71. The van der Waals surface area contributed by atoms with Crippen LogP contribution in [0.1, 0.15) is 36.2 Å². The Morgan fingerprint density at radius 1 is 1.08 bits per heavy atom. The second-order valence-electron chi connectivity index (χ2n) is 7.15. The van der Waals surface area contributed by atoms with Crippen molar-refractivity contribution in [2.45, 2.75) is 33.2 Å². The number of piperazine rings is 1. The molecule has 2 rings (SSSR count). The van der Waals surface area contributed by atoms with E-state index in [1.807, 2.05) is 24.0 Å². The molecule has 0 radical (unpaired) electrons. The van der Waals surface area contributed by atoms with Crippen molar-refractivity contribution in [3.05, 3.63) is 35.4 Å². The second-order valence-corrected chi connectivity index (χ2v) is 7.15. The van der Waals surface area contributed by atoms with Crippen molar-refractivity contribution >= 4 is 11.8 Å². The van der Waals surface area contributed by atoms with E-state index in [4.69, 9.17) is 0 Å². The van der Waals surface area contributed by atoms with Gasteiger partial charge in [0.2, 0.25) is 5.91 Å². The van der Waals surface area contributed by atoms with Crippen LogP contribution in [0.4, 0.5) is 0 Å². The topological polar surface area (TPSA) is 52.7 Å². The molecule has 0 bridgehead atoms. The van der Waals surface area contributed by atoms with Crippen LogP contribution in [-0.2, 0) is 4.79 Å². The third-order valence-electron chi connectivity index (χ3n) is 4.44. The van der Waals surface area contributed by atoms with Crippen LogP contribution in [-0.4, -0.2) is 60.9 Å². The van der Waals surface area contributed by atoms with Crippen LogP contribution in [0.2, 0.25) is 0 Å². The molecule has 1 atom stereocenters. The average molecular weight is 331 g/mol. The first kappa shape index (κ1) is 18.5. The Morgan fingerprint density at radius 3 is 2.21 bits per heavy atom. The van der Waals surface area contributed by atoms with Crippen molar-refractivity contribution < 1.29 is 9.59 Å². The van der Waals surface area contributed by atoms with E-state index in [1.54, 1.807) is 12.1 Å². The van der Waals surface area contributed by atoms with E-state index in [-0.39, 0.29) is 11.8 Å². The molecule has 24 heavy (non-hydrogen) atoms. The lowest BCUT2D eigenvalue weighted by Gasteiger charge is -2.35. The third-order valence-corrected chi connectivity index (χ3v) is 4.44. The minimum Gasteiger partial charge on any atom is -0.340 e. The number of hydrogen-bond acceptors (Lipinski definition) is 3. The summed E-state index contributed by atoms with van der Waals surface area (Å²) in [5, 5.41) is 2.95. The molecule has 1 aromatic rings. The number of nitrogens with zero attached hydrogens (tertiary/aromatic N) is 2. The van der Waals surface area contributed by atoms with Crippen molar-refractivity contribution in [2.24, 2.45) is 5.92 Å². The number of nitrogens with one attached hydrogen (secondary N) is 1. The van der Waals surface area contributed by atoms with E-state index in [0.29, 0.717) is 17.9 Å². The minimum atomic E-state index is -0.456. The van der Waals surface area contributed by atoms with E-state index < -0.39 is 6.04 Å².